The standard InChI is InChI=1S/C24H26F3N5O3S/c1-28-23(33)18-13-19(14-6-7-14)29-22-20(18)21(30-31(22)2)15-8-10-32(11-9-15)36(34,35)17-5-3-4-16(12-17)24(25,26)27/h3-5,12-15H,6-11H2,1-2H3,(H-,28,33,34,35). The Kier molecular flexibility index (Phi) is 6.16. The van der Waals surface area contributed by atoms with Crippen LogP contribution >= 0.6 is 0 Å². The molecule has 36 heavy (non-hydrogen) atoms. The number of carbonyl (C=O) groups is 1. The number of aromatic nitrogens is 3. The van der Waals surface area contributed by atoms with Crippen LogP contribution in [0.5, 0.6) is 0 Å². The number of rotatable bonds is 5. The number of sulfonamides is 1. The molecule has 0 bridgehead atoms. The van der Waals surface area contributed by atoms with Gasteiger partial charge in [0, 0.05) is 50.8 Å². The Morgan fingerprint density at radius 1 is 1.14 bits per heavy atom. The second kappa shape index (κ2) is 8.93. The molecule has 192 valence electrons. The summed E-state index contributed by atoms with van der Waals surface area (Å²) in [7, 11) is -0.748. The average Bonchev–Trinajstić information content (AvgIpc) is 3.66. The number of benzene rings is 1. The summed E-state index contributed by atoms with van der Waals surface area (Å²) in [6.45, 7) is 0.258. The van der Waals surface area contributed by atoms with E-state index in [-0.39, 0.29) is 29.8 Å². The molecule has 1 saturated heterocycles. The largest absolute Gasteiger partial charge is 0.593 e. The van der Waals surface area contributed by atoms with Gasteiger partial charge in [0.05, 0.1) is 22.2 Å². The Hall–Kier alpha value is -2.83. The van der Waals surface area contributed by atoms with Gasteiger partial charge in [-0.05, 0) is 43.9 Å². The minimum absolute atomic E-state index is 0.126. The second-order valence-corrected chi connectivity index (χ2v) is 11.3. The van der Waals surface area contributed by atoms with E-state index in [0.717, 1.165) is 30.7 Å². The van der Waals surface area contributed by atoms with Crippen molar-refractivity contribution in [2.24, 2.45) is 7.05 Å². The molecule has 1 atom stereocenters. The molecule has 0 radical (unpaired) electrons. The molecule has 1 N–H and O–H groups in total. The fraction of sp³-hybridized carbons (Fsp3) is 0.458. The highest BCUT2D eigenvalue weighted by Gasteiger charge is 2.39. The third kappa shape index (κ3) is 4.41. The summed E-state index contributed by atoms with van der Waals surface area (Å²) in [4.78, 5) is 17.2. The first-order chi connectivity index (χ1) is 17.0. The number of amides is 1. The molecule has 2 aromatic heterocycles. The van der Waals surface area contributed by atoms with Crippen LogP contribution < -0.4 is 5.32 Å². The van der Waals surface area contributed by atoms with Crippen molar-refractivity contribution in [2.45, 2.75) is 48.6 Å². The summed E-state index contributed by atoms with van der Waals surface area (Å²) in [5, 5.41) is 8.03. The lowest BCUT2D eigenvalue weighted by Gasteiger charge is -2.33. The number of aryl methyl sites for hydroxylation is 1. The van der Waals surface area contributed by atoms with Gasteiger partial charge in [-0.25, -0.2) is 4.98 Å². The number of nitrogens with one attached hydrogen (secondary N) is 1. The van der Waals surface area contributed by atoms with Gasteiger partial charge in [-0.3, -0.25) is 9.48 Å². The van der Waals surface area contributed by atoms with Crippen LogP contribution in [0.25, 0.3) is 11.0 Å². The minimum atomic E-state index is -4.63. The molecule has 12 heteroatoms. The van der Waals surface area contributed by atoms with Gasteiger partial charge in [0.2, 0.25) is 0 Å². The summed E-state index contributed by atoms with van der Waals surface area (Å²) in [5.41, 5.74) is 1.69. The highest BCUT2D eigenvalue weighted by Crippen LogP contribution is 2.42. The predicted octanol–water partition coefficient (Wildman–Crippen LogP) is 4.01. The van der Waals surface area contributed by atoms with Gasteiger partial charge >= 0.3 is 6.18 Å². The summed E-state index contributed by atoms with van der Waals surface area (Å²) in [6.07, 6.45) is -1.72. The molecular formula is C24H26F3N5O3S. The van der Waals surface area contributed by atoms with Gasteiger partial charge in [0.1, 0.15) is 0 Å². The number of alkyl halides is 3. The third-order valence-corrected chi connectivity index (χ3v) is 8.84. The van der Waals surface area contributed by atoms with Crippen molar-refractivity contribution in [2.75, 3.05) is 20.1 Å². The van der Waals surface area contributed by atoms with Crippen molar-refractivity contribution in [1.29, 1.82) is 0 Å². The van der Waals surface area contributed by atoms with Crippen molar-refractivity contribution in [1.82, 2.24) is 24.4 Å². The normalized spacial score (nSPS) is 19.4. The first kappa shape index (κ1) is 24.8. The Labute approximate surface area is 207 Å². The first-order valence-corrected chi connectivity index (χ1v) is 13.2. The lowest BCUT2D eigenvalue weighted by Crippen LogP contribution is -2.42. The molecule has 1 aliphatic heterocycles. The highest BCUT2D eigenvalue weighted by atomic mass is 32.3. The van der Waals surface area contributed by atoms with Gasteiger partial charge in [-0.2, -0.15) is 18.3 Å². The number of hydrogen-bond acceptors (Lipinski definition) is 5. The average molecular weight is 522 g/mol. The van der Waals surface area contributed by atoms with Crippen molar-refractivity contribution in [3.8, 4) is 0 Å². The summed E-state index contributed by atoms with van der Waals surface area (Å²) in [6, 6.07) is 5.64. The van der Waals surface area contributed by atoms with Crippen LogP contribution in [0, 0.1) is 0 Å². The maximum Gasteiger partial charge on any atom is 0.416 e. The van der Waals surface area contributed by atoms with E-state index in [9.17, 15) is 26.7 Å². The molecule has 8 nitrogen and oxygen atoms in total. The number of fused-ring (bicyclic) bond motifs is 1. The minimum Gasteiger partial charge on any atom is -0.593 e. The molecule has 1 aromatic carbocycles. The molecule has 3 aromatic rings. The lowest BCUT2D eigenvalue weighted by molar-refractivity contribution is -0.137. The Bertz CT molecular complexity index is 1380. The lowest BCUT2D eigenvalue weighted by atomic mass is 9.91. The number of hydrogen-bond donors (Lipinski definition) is 1. The maximum atomic E-state index is 13.1. The van der Waals surface area contributed by atoms with Gasteiger partial charge in [0.25, 0.3) is 5.91 Å². The second-order valence-electron chi connectivity index (χ2n) is 9.36. The molecule has 3 heterocycles. The van der Waals surface area contributed by atoms with E-state index in [1.165, 1.54) is 10.4 Å². The van der Waals surface area contributed by atoms with Gasteiger partial charge in [0.15, 0.2) is 20.9 Å². The van der Waals surface area contributed by atoms with Gasteiger partial charge < -0.3 is 9.87 Å². The van der Waals surface area contributed by atoms with Crippen LogP contribution in [-0.2, 0) is 27.8 Å². The third-order valence-electron chi connectivity index (χ3n) is 6.95. The van der Waals surface area contributed by atoms with Crippen molar-refractivity contribution in [3.63, 3.8) is 0 Å². The SMILES string of the molecule is CNC(=O)c1cc(C2CC2)nc2c1c(C1CCN([S+](=O)([O-])c3cccc(C(F)(F)F)c3)CC1)nn2C. The summed E-state index contributed by atoms with van der Waals surface area (Å²) >= 11 is 0. The topological polar surface area (TPSA) is 103 Å². The molecule has 1 unspecified atom stereocenters. The van der Waals surface area contributed by atoms with E-state index in [0.29, 0.717) is 47.1 Å². The Morgan fingerprint density at radius 3 is 2.44 bits per heavy atom. The van der Waals surface area contributed by atoms with E-state index in [1.807, 2.05) is 6.07 Å². The first-order valence-electron chi connectivity index (χ1n) is 11.8. The van der Waals surface area contributed by atoms with Crippen LogP contribution in [0.4, 0.5) is 13.2 Å². The highest BCUT2D eigenvalue weighted by molar-refractivity contribution is 7.95. The quantitative estimate of drug-likeness (QED) is 0.511. The van der Waals surface area contributed by atoms with Crippen molar-refractivity contribution < 1.29 is 26.7 Å². The van der Waals surface area contributed by atoms with E-state index in [1.54, 1.807) is 18.8 Å². The van der Waals surface area contributed by atoms with Gasteiger partial charge in [-0.15, -0.1) is 4.31 Å². The summed E-state index contributed by atoms with van der Waals surface area (Å²) < 4.78 is 68.4. The van der Waals surface area contributed by atoms with Crippen LogP contribution in [0.3, 0.4) is 0 Å². The number of carbonyl (C=O) groups excluding carboxylic acids is 1. The monoisotopic (exact) mass is 521 g/mol. The number of pyridine rings is 1. The zero-order valence-corrected chi connectivity index (χ0v) is 20.7. The van der Waals surface area contributed by atoms with E-state index in [4.69, 9.17) is 4.98 Å². The molecule has 1 amide bonds. The number of halogens is 3. The van der Waals surface area contributed by atoms with E-state index in [2.05, 4.69) is 10.4 Å². The van der Waals surface area contributed by atoms with E-state index < -0.39 is 22.1 Å². The molecule has 2 aliphatic rings. The smallest absolute Gasteiger partial charge is 0.416 e. The predicted molar refractivity (Wildman–Crippen MR) is 126 cm³/mol. The zero-order valence-electron chi connectivity index (χ0n) is 19.8. The Morgan fingerprint density at radius 2 is 1.83 bits per heavy atom. The molecule has 5 rings (SSSR count). The zero-order chi connectivity index (χ0) is 25.8. The van der Waals surface area contributed by atoms with Crippen LogP contribution in [-0.4, -0.2) is 49.7 Å². The van der Waals surface area contributed by atoms with Crippen molar-refractivity contribution >= 4 is 27.3 Å². The fourth-order valence-electron chi connectivity index (χ4n) is 4.84. The number of nitrogens with zero attached hydrogens (tertiary/aromatic N) is 4. The van der Waals surface area contributed by atoms with Gasteiger partial charge in [-0.1, -0.05) is 10.3 Å². The molecule has 1 saturated carbocycles. The molecule has 2 fully saturated rings. The molecule has 0 spiro atoms. The maximum absolute atomic E-state index is 13.1. The Balaban J connectivity index is 1.42. The van der Waals surface area contributed by atoms with Crippen molar-refractivity contribution in [3.05, 3.63) is 52.8 Å². The van der Waals surface area contributed by atoms with E-state index >= 15 is 0 Å². The summed E-state index contributed by atoms with van der Waals surface area (Å²) in [5.74, 6) is -0.0119. The molecule has 1 aliphatic carbocycles. The van der Waals surface area contributed by atoms with Crippen LogP contribution in [0.2, 0.25) is 0 Å². The molecular weight excluding hydrogens is 495 g/mol. The number of piperidine rings is 1. The van der Waals surface area contributed by atoms with Crippen LogP contribution in [0.15, 0.2) is 35.2 Å². The fourth-order valence-corrected chi connectivity index (χ4v) is 6.35. The van der Waals surface area contributed by atoms with Crippen LogP contribution in [0.1, 0.15) is 64.8 Å².